The van der Waals surface area contributed by atoms with Gasteiger partial charge >= 0.3 is 0 Å². The lowest BCUT2D eigenvalue weighted by molar-refractivity contribution is 0.0925. The zero-order chi connectivity index (χ0) is 13.5. The molecule has 3 rings (SSSR count). The minimum atomic E-state index is -0.108. The van der Waals surface area contributed by atoms with Gasteiger partial charge in [-0.05, 0) is 48.3 Å². The van der Waals surface area contributed by atoms with Crippen LogP contribution in [-0.2, 0) is 0 Å². The molecular formula is C16H19NO2. The van der Waals surface area contributed by atoms with Gasteiger partial charge in [0.05, 0.1) is 0 Å². The Kier molecular flexibility index (Phi) is 2.85. The average molecular weight is 257 g/mol. The van der Waals surface area contributed by atoms with Gasteiger partial charge < -0.3 is 10.4 Å². The Hall–Kier alpha value is -1.77. The lowest BCUT2D eigenvalue weighted by Gasteiger charge is -2.31. The zero-order valence-corrected chi connectivity index (χ0v) is 11.1. The summed E-state index contributed by atoms with van der Waals surface area (Å²) in [7, 11) is 0. The fourth-order valence-electron chi connectivity index (χ4n) is 3.43. The van der Waals surface area contributed by atoms with Crippen molar-refractivity contribution < 1.29 is 9.90 Å². The van der Waals surface area contributed by atoms with Crippen molar-refractivity contribution in [2.24, 2.45) is 17.3 Å². The van der Waals surface area contributed by atoms with Crippen LogP contribution in [0.25, 0.3) is 0 Å². The molecule has 1 saturated carbocycles. The van der Waals surface area contributed by atoms with Crippen molar-refractivity contribution in [1.29, 1.82) is 0 Å². The van der Waals surface area contributed by atoms with E-state index in [1.165, 1.54) is 12.5 Å². The number of rotatable bonds is 3. The molecule has 1 fully saturated rings. The maximum absolute atomic E-state index is 12.1. The number of phenols is 1. The number of allylic oxidation sites excluding steroid dienone is 2. The molecule has 0 radical (unpaired) electrons. The summed E-state index contributed by atoms with van der Waals surface area (Å²) in [5, 5.41) is 12.4. The number of amides is 1. The molecule has 3 unspecified atom stereocenters. The van der Waals surface area contributed by atoms with Crippen LogP contribution in [0, 0.1) is 17.3 Å². The van der Waals surface area contributed by atoms with Gasteiger partial charge in [-0.25, -0.2) is 0 Å². The highest BCUT2D eigenvalue weighted by molar-refractivity contribution is 5.94. The fraction of sp³-hybridized carbons (Fsp3) is 0.438. The molecular weight excluding hydrogens is 238 g/mol. The number of hydrogen-bond donors (Lipinski definition) is 2. The molecule has 3 heteroatoms. The normalized spacial score (nSPS) is 31.6. The second-order valence-corrected chi connectivity index (χ2v) is 6.08. The molecule has 0 aromatic heterocycles. The molecule has 1 aromatic rings. The van der Waals surface area contributed by atoms with E-state index in [1.54, 1.807) is 18.2 Å². The Morgan fingerprint density at radius 3 is 2.95 bits per heavy atom. The molecule has 2 bridgehead atoms. The third-order valence-corrected chi connectivity index (χ3v) is 4.56. The van der Waals surface area contributed by atoms with Crippen LogP contribution in [0.4, 0.5) is 0 Å². The van der Waals surface area contributed by atoms with E-state index in [2.05, 4.69) is 24.4 Å². The summed E-state index contributed by atoms with van der Waals surface area (Å²) < 4.78 is 0. The maximum Gasteiger partial charge on any atom is 0.251 e. The van der Waals surface area contributed by atoms with E-state index in [0.29, 0.717) is 23.9 Å². The number of phenolic OH excluding ortho intramolecular Hbond substituents is 1. The summed E-state index contributed by atoms with van der Waals surface area (Å²) in [6, 6.07) is 6.47. The van der Waals surface area contributed by atoms with Gasteiger partial charge in [-0.3, -0.25) is 4.79 Å². The summed E-state index contributed by atoms with van der Waals surface area (Å²) in [4.78, 5) is 12.1. The van der Waals surface area contributed by atoms with E-state index < -0.39 is 0 Å². The number of carbonyl (C=O) groups excluding carboxylic acids is 1. The molecule has 100 valence electrons. The van der Waals surface area contributed by atoms with Crippen LogP contribution >= 0.6 is 0 Å². The molecule has 0 spiro atoms. The van der Waals surface area contributed by atoms with E-state index >= 15 is 0 Å². The highest BCUT2D eigenvalue weighted by Crippen LogP contribution is 2.51. The van der Waals surface area contributed by atoms with Crippen LogP contribution in [-0.4, -0.2) is 17.6 Å². The van der Waals surface area contributed by atoms with E-state index in [9.17, 15) is 9.90 Å². The van der Waals surface area contributed by atoms with Gasteiger partial charge in [-0.1, -0.05) is 25.1 Å². The van der Waals surface area contributed by atoms with Gasteiger partial charge in [-0.2, -0.15) is 0 Å². The quantitative estimate of drug-likeness (QED) is 0.818. The number of hydrogen-bond acceptors (Lipinski definition) is 2. The molecule has 2 aliphatic carbocycles. The second kappa shape index (κ2) is 4.41. The molecule has 0 saturated heterocycles. The van der Waals surface area contributed by atoms with Crippen molar-refractivity contribution in [2.75, 3.05) is 6.54 Å². The van der Waals surface area contributed by atoms with Crippen molar-refractivity contribution >= 4 is 5.91 Å². The zero-order valence-electron chi connectivity index (χ0n) is 11.1. The lowest BCUT2D eigenvalue weighted by atomic mass is 9.77. The summed E-state index contributed by atoms with van der Waals surface area (Å²) in [5.41, 5.74) is 0.702. The Morgan fingerprint density at radius 2 is 2.32 bits per heavy atom. The minimum Gasteiger partial charge on any atom is -0.508 e. The Balaban J connectivity index is 1.64. The third-order valence-electron chi connectivity index (χ3n) is 4.56. The summed E-state index contributed by atoms with van der Waals surface area (Å²) in [6.07, 6.45) is 7.01. The molecule has 1 amide bonds. The standard InChI is InChI=1S/C16H19NO2/c1-16(9-11-5-6-13(16)7-11)10-17-15(19)12-3-2-4-14(18)8-12/h2-6,8,11,13,18H,7,9-10H2,1H3,(H,17,19). The molecule has 2 aliphatic rings. The Morgan fingerprint density at radius 1 is 1.47 bits per heavy atom. The summed E-state index contributed by atoms with van der Waals surface area (Å²) >= 11 is 0. The molecule has 2 N–H and O–H groups in total. The van der Waals surface area contributed by atoms with Crippen LogP contribution in [0.2, 0.25) is 0 Å². The summed E-state index contributed by atoms with van der Waals surface area (Å²) in [6.45, 7) is 2.96. The van der Waals surface area contributed by atoms with Crippen molar-refractivity contribution in [3.05, 3.63) is 42.0 Å². The highest BCUT2D eigenvalue weighted by atomic mass is 16.3. The van der Waals surface area contributed by atoms with Crippen molar-refractivity contribution in [1.82, 2.24) is 5.32 Å². The number of aromatic hydroxyl groups is 1. The number of nitrogens with one attached hydrogen (secondary N) is 1. The first kappa shape index (κ1) is 12.3. The highest BCUT2D eigenvalue weighted by Gasteiger charge is 2.44. The average Bonchev–Trinajstić information content (AvgIpc) is 2.96. The lowest BCUT2D eigenvalue weighted by Crippen LogP contribution is -2.38. The van der Waals surface area contributed by atoms with E-state index in [0.717, 1.165) is 6.42 Å². The van der Waals surface area contributed by atoms with E-state index in [-0.39, 0.29) is 17.1 Å². The summed E-state index contributed by atoms with van der Waals surface area (Å²) in [5.74, 6) is 1.32. The van der Waals surface area contributed by atoms with Crippen LogP contribution in [0.5, 0.6) is 5.75 Å². The molecule has 0 aliphatic heterocycles. The van der Waals surface area contributed by atoms with Crippen LogP contribution in [0.3, 0.4) is 0 Å². The number of fused-ring (bicyclic) bond motifs is 2. The van der Waals surface area contributed by atoms with Gasteiger partial charge in [0.2, 0.25) is 0 Å². The van der Waals surface area contributed by atoms with Gasteiger partial charge in [0, 0.05) is 12.1 Å². The first-order chi connectivity index (χ1) is 9.07. The molecule has 3 nitrogen and oxygen atoms in total. The van der Waals surface area contributed by atoms with Crippen molar-refractivity contribution in [3.63, 3.8) is 0 Å². The first-order valence-electron chi connectivity index (χ1n) is 6.82. The van der Waals surface area contributed by atoms with E-state index in [4.69, 9.17) is 0 Å². The SMILES string of the molecule is CC1(CNC(=O)c2cccc(O)c2)CC2C=CC1C2. The Labute approximate surface area is 113 Å². The molecule has 3 atom stereocenters. The van der Waals surface area contributed by atoms with Gasteiger partial charge in [0.15, 0.2) is 0 Å². The molecule has 0 heterocycles. The van der Waals surface area contributed by atoms with Crippen molar-refractivity contribution in [3.8, 4) is 5.75 Å². The van der Waals surface area contributed by atoms with Gasteiger partial charge in [0.1, 0.15) is 5.75 Å². The Bertz CT molecular complexity index is 537. The van der Waals surface area contributed by atoms with Gasteiger partial charge in [-0.15, -0.1) is 0 Å². The van der Waals surface area contributed by atoms with Crippen LogP contribution < -0.4 is 5.32 Å². The number of carbonyl (C=O) groups is 1. The predicted molar refractivity (Wildman–Crippen MR) is 73.9 cm³/mol. The fourth-order valence-corrected chi connectivity index (χ4v) is 3.43. The maximum atomic E-state index is 12.1. The van der Waals surface area contributed by atoms with Crippen LogP contribution in [0.1, 0.15) is 30.1 Å². The van der Waals surface area contributed by atoms with Crippen molar-refractivity contribution in [2.45, 2.75) is 19.8 Å². The predicted octanol–water partition coefficient (Wildman–Crippen LogP) is 2.72. The second-order valence-electron chi connectivity index (χ2n) is 6.08. The molecule has 19 heavy (non-hydrogen) atoms. The molecule has 1 aromatic carbocycles. The topological polar surface area (TPSA) is 49.3 Å². The first-order valence-corrected chi connectivity index (χ1v) is 6.82. The van der Waals surface area contributed by atoms with Gasteiger partial charge in [0.25, 0.3) is 5.91 Å². The monoisotopic (exact) mass is 257 g/mol. The smallest absolute Gasteiger partial charge is 0.251 e. The van der Waals surface area contributed by atoms with Crippen LogP contribution in [0.15, 0.2) is 36.4 Å². The van der Waals surface area contributed by atoms with E-state index in [1.807, 2.05) is 0 Å². The largest absolute Gasteiger partial charge is 0.508 e. The number of benzene rings is 1. The minimum absolute atomic E-state index is 0.108. The third kappa shape index (κ3) is 2.25.